The van der Waals surface area contributed by atoms with Gasteiger partial charge in [-0.2, -0.15) is 0 Å². The molecule has 0 saturated heterocycles. The molecule has 0 aliphatic rings. The zero-order valence-electron chi connectivity index (χ0n) is 8.26. The highest BCUT2D eigenvalue weighted by Crippen LogP contribution is 2.10. The van der Waals surface area contributed by atoms with E-state index in [9.17, 15) is 4.79 Å². The fraction of sp³-hybridized carbons (Fsp3) is 0.364. The average Bonchev–Trinajstić information content (AvgIpc) is 2.07. The van der Waals surface area contributed by atoms with Crippen LogP contribution in [0.3, 0.4) is 0 Å². The minimum absolute atomic E-state index is 0.238. The van der Waals surface area contributed by atoms with E-state index in [1.54, 1.807) is 0 Å². The molecule has 0 radical (unpaired) electrons. The van der Waals surface area contributed by atoms with E-state index in [0.717, 1.165) is 5.56 Å². The third kappa shape index (κ3) is 2.90. The van der Waals surface area contributed by atoms with E-state index in [2.05, 4.69) is 6.92 Å². The van der Waals surface area contributed by atoms with Gasteiger partial charge in [0.2, 0.25) is 0 Å². The van der Waals surface area contributed by atoms with E-state index in [1.807, 2.05) is 25.1 Å². The van der Waals surface area contributed by atoms with Gasteiger partial charge in [0.05, 0.1) is 0 Å². The van der Waals surface area contributed by atoms with Gasteiger partial charge in [0, 0.05) is 6.92 Å². The van der Waals surface area contributed by atoms with Crippen LogP contribution in [0.1, 0.15) is 23.6 Å². The van der Waals surface area contributed by atoms with Gasteiger partial charge in [0.1, 0.15) is 6.61 Å². The first-order chi connectivity index (χ1) is 6.09. The van der Waals surface area contributed by atoms with E-state index in [1.165, 1.54) is 18.1 Å². The van der Waals surface area contributed by atoms with E-state index in [4.69, 9.17) is 4.74 Å². The lowest BCUT2D eigenvalue weighted by Crippen LogP contribution is -1.99. The molecule has 0 spiro atoms. The van der Waals surface area contributed by atoms with Crippen LogP contribution in [0, 0.1) is 13.8 Å². The van der Waals surface area contributed by atoms with Gasteiger partial charge in [-0.15, -0.1) is 0 Å². The number of rotatable bonds is 2. The first-order valence-electron chi connectivity index (χ1n) is 4.29. The summed E-state index contributed by atoms with van der Waals surface area (Å²) in [6, 6.07) is 6.05. The van der Waals surface area contributed by atoms with Gasteiger partial charge in [0.25, 0.3) is 0 Å². The van der Waals surface area contributed by atoms with Gasteiger partial charge in [-0.1, -0.05) is 18.2 Å². The second kappa shape index (κ2) is 4.08. The maximum atomic E-state index is 10.5. The van der Waals surface area contributed by atoms with Crippen LogP contribution in [-0.2, 0) is 16.1 Å². The monoisotopic (exact) mass is 178 g/mol. The van der Waals surface area contributed by atoms with Crippen molar-refractivity contribution in [1.29, 1.82) is 0 Å². The Hall–Kier alpha value is -1.31. The van der Waals surface area contributed by atoms with Crippen LogP contribution in [0.15, 0.2) is 18.2 Å². The second-order valence-electron chi connectivity index (χ2n) is 3.20. The fourth-order valence-corrected chi connectivity index (χ4v) is 1.08. The molecule has 0 aromatic heterocycles. The van der Waals surface area contributed by atoms with Crippen molar-refractivity contribution in [2.45, 2.75) is 27.4 Å². The first kappa shape index (κ1) is 9.78. The summed E-state index contributed by atoms with van der Waals surface area (Å²) in [5, 5.41) is 0. The molecule has 70 valence electrons. The van der Waals surface area contributed by atoms with Crippen molar-refractivity contribution in [1.82, 2.24) is 0 Å². The molecule has 2 nitrogen and oxygen atoms in total. The summed E-state index contributed by atoms with van der Waals surface area (Å²) in [6.45, 7) is 5.90. The predicted octanol–water partition coefficient (Wildman–Crippen LogP) is 2.37. The van der Waals surface area contributed by atoms with Crippen LogP contribution in [0.4, 0.5) is 0 Å². The summed E-state index contributed by atoms with van der Waals surface area (Å²) in [5.41, 5.74) is 3.52. The smallest absolute Gasteiger partial charge is 0.302 e. The maximum absolute atomic E-state index is 10.5. The Labute approximate surface area is 78.5 Å². The lowest BCUT2D eigenvalue weighted by Gasteiger charge is -2.04. The molecule has 1 aromatic rings. The molecule has 13 heavy (non-hydrogen) atoms. The number of ether oxygens (including phenoxy) is 1. The normalized spacial score (nSPS) is 9.77. The van der Waals surface area contributed by atoms with Gasteiger partial charge in [-0.3, -0.25) is 4.79 Å². The Kier molecular flexibility index (Phi) is 3.07. The van der Waals surface area contributed by atoms with Crippen molar-refractivity contribution in [2.24, 2.45) is 0 Å². The number of benzene rings is 1. The summed E-state index contributed by atoms with van der Waals surface area (Å²) in [6.07, 6.45) is 0. The molecule has 0 saturated carbocycles. The highest BCUT2D eigenvalue weighted by molar-refractivity contribution is 5.65. The fourth-order valence-electron chi connectivity index (χ4n) is 1.08. The summed E-state index contributed by atoms with van der Waals surface area (Å²) in [4.78, 5) is 10.5. The third-order valence-corrected chi connectivity index (χ3v) is 2.01. The number of esters is 1. The van der Waals surface area contributed by atoms with Crippen molar-refractivity contribution in [3.8, 4) is 0 Å². The van der Waals surface area contributed by atoms with Crippen molar-refractivity contribution in [3.05, 3.63) is 34.9 Å². The Bertz CT molecular complexity index is 316. The molecule has 0 atom stereocenters. The molecule has 0 N–H and O–H groups in total. The van der Waals surface area contributed by atoms with E-state index < -0.39 is 0 Å². The van der Waals surface area contributed by atoms with Crippen molar-refractivity contribution in [3.63, 3.8) is 0 Å². The zero-order valence-corrected chi connectivity index (χ0v) is 8.26. The van der Waals surface area contributed by atoms with E-state index in [0.29, 0.717) is 6.61 Å². The Morgan fingerprint density at radius 1 is 1.31 bits per heavy atom. The Balaban J connectivity index is 2.68. The number of hydrogen-bond donors (Lipinski definition) is 0. The Morgan fingerprint density at radius 3 is 2.54 bits per heavy atom. The van der Waals surface area contributed by atoms with Crippen LogP contribution in [0.5, 0.6) is 0 Å². The molecular formula is C11H14O2. The molecule has 0 aliphatic carbocycles. The lowest BCUT2D eigenvalue weighted by atomic mass is 10.1. The maximum Gasteiger partial charge on any atom is 0.302 e. The zero-order chi connectivity index (χ0) is 9.84. The molecule has 0 amide bonds. The van der Waals surface area contributed by atoms with Gasteiger partial charge in [0.15, 0.2) is 0 Å². The molecule has 0 heterocycles. The number of carbonyl (C=O) groups excluding carboxylic acids is 1. The van der Waals surface area contributed by atoms with E-state index >= 15 is 0 Å². The molecule has 0 unspecified atom stereocenters. The number of aryl methyl sites for hydroxylation is 2. The SMILES string of the molecule is CC(=O)OCc1ccc(C)c(C)c1. The minimum atomic E-state index is -0.238. The van der Waals surface area contributed by atoms with Gasteiger partial charge in [-0.25, -0.2) is 0 Å². The largest absolute Gasteiger partial charge is 0.461 e. The minimum Gasteiger partial charge on any atom is -0.461 e. The quantitative estimate of drug-likeness (QED) is 0.650. The molecule has 0 aliphatic heterocycles. The van der Waals surface area contributed by atoms with E-state index in [-0.39, 0.29) is 5.97 Å². The molecule has 0 fully saturated rings. The summed E-state index contributed by atoms with van der Waals surface area (Å²) in [5.74, 6) is -0.238. The molecule has 0 bridgehead atoms. The highest BCUT2D eigenvalue weighted by atomic mass is 16.5. The third-order valence-electron chi connectivity index (χ3n) is 2.01. The molecular weight excluding hydrogens is 164 g/mol. The summed E-state index contributed by atoms with van der Waals surface area (Å²) < 4.78 is 4.88. The van der Waals surface area contributed by atoms with Crippen LogP contribution in [0.25, 0.3) is 0 Å². The number of hydrogen-bond acceptors (Lipinski definition) is 2. The van der Waals surface area contributed by atoms with Crippen molar-refractivity contribution < 1.29 is 9.53 Å². The molecule has 2 heteroatoms. The topological polar surface area (TPSA) is 26.3 Å². The van der Waals surface area contributed by atoms with Gasteiger partial charge >= 0.3 is 5.97 Å². The molecule has 1 rings (SSSR count). The first-order valence-corrected chi connectivity index (χ1v) is 4.29. The highest BCUT2D eigenvalue weighted by Gasteiger charge is 1.98. The van der Waals surface area contributed by atoms with Gasteiger partial charge < -0.3 is 4.74 Å². The van der Waals surface area contributed by atoms with Crippen LogP contribution < -0.4 is 0 Å². The van der Waals surface area contributed by atoms with Crippen LogP contribution in [0.2, 0.25) is 0 Å². The summed E-state index contributed by atoms with van der Waals surface area (Å²) in [7, 11) is 0. The van der Waals surface area contributed by atoms with Crippen LogP contribution in [-0.4, -0.2) is 5.97 Å². The van der Waals surface area contributed by atoms with Crippen molar-refractivity contribution in [2.75, 3.05) is 0 Å². The van der Waals surface area contributed by atoms with Gasteiger partial charge in [-0.05, 0) is 30.5 Å². The standard InChI is InChI=1S/C11H14O2/c1-8-4-5-11(6-9(8)2)7-13-10(3)12/h4-6H,7H2,1-3H3. The Morgan fingerprint density at radius 2 is 2.00 bits per heavy atom. The average molecular weight is 178 g/mol. The number of carbonyl (C=O) groups is 1. The van der Waals surface area contributed by atoms with Crippen LogP contribution >= 0.6 is 0 Å². The van der Waals surface area contributed by atoms with Crippen molar-refractivity contribution >= 4 is 5.97 Å². The second-order valence-corrected chi connectivity index (χ2v) is 3.20. The lowest BCUT2D eigenvalue weighted by molar-refractivity contribution is -0.142. The predicted molar refractivity (Wildman–Crippen MR) is 51.4 cm³/mol. The summed E-state index contributed by atoms with van der Waals surface area (Å²) >= 11 is 0. The molecule has 1 aromatic carbocycles.